The fourth-order valence-corrected chi connectivity index (χ4v) is 2.65. The lowest BCUT2D eigenvalue weighted by molar-refractivity contribution is -0.119. The maximum absolute atomic E-state index is 12.4. The van der Waals surface area contributed by atoms with Gasteiger partial charge in [-0.15, -0.1) is 0 Å². The third kappa shape index (κ3) is 4.27. The number of hydrogen-bond donors (Lipinski definition) is 1. The number of ether oxygens (including phenoxy) is 3. The Morgan fingerprint density at radius 3 is 2.67 bits per heavy atom. The molecule has 7 nitrogen and oxygen atoms in total. The van der Waals surface area contributed by atoms with Crippen LogP contribution < -0.4 is 10.1 Å². The molecule has 3 rings (SSSR count). The number of furan rings is 1. The predicted octanol–water partition coefficient (Wildman–Crippen LogP) is 3.38. The van der Waals surface area contributed by atoms with Crippen molar-refractivity contribution in [2.75, 3.05) is 26.1 Å². The Morgan fingerprint density at radius 2 is 1.89 bits per heavy atom. The standard InChI is InChI=1S/C20H19NO6/c1-24-11-16-15-8-3-4-9-17(15)27-19(16)20(23)26-12-18(22)21-13-6-5-7-14(10-13)25-2/h3-10H,11-12H2,1-2H3,(H,21,22). The van der Waals surface area contributed by atoms with Crippen molar-refractivity contribution < 1.29 is 28.2 Å². The second kappa shape index (κ2) is 8.37. The Balaban J connectivity index is 1.67. The van der Waals surface area contributed by atoms with Crippen LogP contribution in [0.2, 0.25) is 0 Å². The summed E-state index contributed by atoms with van der Waals surface area (Å²) in [6, 6.07) is 14.1. The highest BCUT2D eigenvalue weighted by Gasteiger charge is 2.22. The summed E-state index contributed by atoms with van der Waals surface area (Å²) >= 11 is 0. The van der Waals surface area contributed by atoms with Crippen molar-refractivity contribution in [3.05, 3.63) is 59.9 Å². The fraction of sp³-hybridized carbons (Fsp3) is 0.200. The molecule has 1 amide bonds. The minimum Gasteiger partial charge on any atom is -0.497 e. The number of fused-ring (bicyclic) bond motifs is 1. The zero-order valence-corrected chi connectivity index (χ0v) is 15.0. The highest BCUT2D eigenvalue weighted by atomic mass is 16.5. The first-order valence-corrected chi connectivity index (χ1v) is 8.22. The summed E-state index contributed by atoms with van der Waals surface area (Å²) in [5, 5.41) is 3.41. The molecular weight excluding hydrogens is 350 g/mol. The summed E-state index contributed by atoms with van der Waals surface area (Å²) < 4.78 is 20.9. The van der Waals surface area contributed by atoms with Gasteiger partial charge in [-0.1, -0.05) is 24.3 Å². The number of methoxy groups -OCH3 is 2. The maximum atomic E-state index is 12.4. The van der Waals surface area contributed by atoms with Gasteiger partial charge >= 0.3 is 5.97 Å². The lowest BCUT2D eigenvalue weighted by Gasteiger charge is -2.08. The summed E-state index contributed by atoms with van der Waals surface area (Å²) in [5.41, 5.74) is 1.68. The van der Waals surface area contributed by atoms with E-state index >= 15 is 0 Å². The molecule has 1 N–H and O–H groups in total. The van der Waals surface area contributed by atoms with E-state index in [-0.39, 0.29) is 12.4 Å². The third-order valence-electron chi connectivity index (χ3n) is 3.86. The van der Waals surface area contributed by atoms with E-state index in [0.29, 0.717) is 22.6 Å². The van der Waals surface area contributed by atoms with Gasteiger partial charge in [0.2, 0.25) is 5.76 Å². The van der Waals surface area contributed by atoms with Crippen LogP contribution in [0.3, 0.4) is 0 Å². The molecule has 0 fully saturated rings. The van der Waals surface area contributed by atoms with Crippen LogP contribution in [0.15, 0.2) is 52.9 Å². The van der Waals surface area contributed by atoms with E-state index in [9.17, 15) is 9.59 Å². The minimum atomic E-state index is -0.723. The van der Waals surface area contributed by atoms with Gasteiger partial charge in [0, 0.05) is 29.8 Å². The second-order valence-corrected chi connectivity index (χ2v) is 5.70. The van der Waals surface area contributed by atoms with E-state index in [2.05, 4.69) is 5.32 Å². The van der Waals surface area contributed by atoms with E-state index in [1.54, 1.807) is 36.4 Å². The van der Waals surface area contributed by atoms with Gasteiger partial charge in [0.15, 0.2) is 6.61 Å². The Bertz CT molecular complexity index is 962. The van der Waals surface area contributed by atoms with Crippen LogP contribution in [0, 0.1) is 0 Å². The Kier molecular flexibility index (Phi) is 5.73. The van der Waals surface area contributed by atoms with Crippen LogP contribution in [0.5, 0.6) is 5.75 Å². The van der Waals surface area contributed by atoms with Gasteiger partial charge in [-0.2, -0.15) is 0 Å². The van der Waals surface area contributed by atoms with Crippen molar-refractivity contribution >= 4 is 28.5 Å². The van der Waals surface area contributed by atoms with E-state index in [4.69, 9.17) is 18.6 Å². The number of para-hydroxylation sites is 1. The van der Waals surface area contributed by atoms with E-state index in [1.165, 1.54) is 14.2 Å². The SMILES string of the molecule is COCc1c(C(=O)OCC(=O)Nc2cccc(OC)c2)oc2ccccc12. The van der Waals surface area contributed by atoms with Gasteiger partial charge in [-0.05, 0) is 18.2 Å². The summed E-state index contributed by atoms with van der Waals surface area (Å²) in [7, 11) is 3.06. The van der Waals surface area contributed by atoms with Crippen LogP contribution in [0.1, 0.15) is 16.1 Å². The Hall–Kier alpha value is -3.32. The number of esters is 1. The van der Waals surface area contributed by atoms with E-state index in [1.807, 2.05) is 12.1 Å². The van der Waals surface area contributed by atoms with Crippen molar-refractivity contribution in [1.29, 1.82) is 0 Å². The van der Waals surface area contributed by atoms with Crippen LogP contribution in [-0.2, 0) is 20.9 Å². The van der Waals surface area contributed by atoms with E-state index in [0.717, 1.165) is 5.39 Å². The minimum absolute atomic E-state index is 0.0345. The zero-order valence-electron chi connectivity index (χ0n) is 15.0. The average Bonchev–Trinajstić information content (AvgIpc) is 3.05. The molecule has 1 aromatic heterocycles. The van der Waals surface area contributed by atoms with Crippen molar-refractivity contribution in [3.63, 3.8) is 0 Å². The van der Waals surface area contributed by atoms with Crippen molar-refractivity contribution in [1.82, 2.24) is 0 Å². The molecule has 0 bridgehead atoms. The monoisotopic (exact) mass is 369 g/mol. The number of rotatable bonds is 7. The number of nitrogens with one attached hydrogen (secondary N) is 1. The molecule has 140 valence electrons. The number of carbonyl (C=O) groups excluding carboxylic acids is 2. The number of carbonyl (C=O) groups is 2. The van der Waals surface area contributed by atoms with Crippen LogP contribution in [0.4, 0.5) is 5.69 Å². The van der Waals surface area contributed by atoms with Crippen LogP contribution in [0.25, 0.3) is 11.0 Å². The average molecular weight is 369 g/mol. The van der Waals surface area contributed by atoms with Gasteiger partial charge in [-0.25, -0.2) is 4.79 Å². The Labute approximate surface area is 155 Å². The molecule has 0 atom stereocenters. The molecule has 0 saturated carbocycles. The molecule has 0 aliphatic heterocycles. The lowest BCUT2D eigenvalue weighted by atomic mass is 10.1. The summed E-state index contributed by atoms with van der Waals surface area (Å²) in [4.78, 5) is 24.4. The molecule has 0 saturated heterocycles. The molecule has 1 heterocycles. The molecule has 0 aliphatic rings. The molecule has 7 heteroatoms. The fourth-order valence-electron chi connectivity index (χ4n) is 2.65. The van der Waals surface area contributed by atoms with Gasteiger partial charge in [-0.3, -0.25) is 4.79 Å². The van der Waals surface area contributed by atoms with Crippen LogP contribution in [-0.4, -0.2) is 32.7 Å². The van der Waals surface area contributed by atoms with Crippen molar-refractivity contribution in [2.24, 2.45) is 0 Å². The van der Waals surface area contributed by atoms with Gasteiger partial charge in [0.25, 0.3) is 5.91 Å². The van der Waals surface area contributed by atoms with E-state index < -0.39 is 18.5 Å². The molecule has 0 unspecified atom stereocenters. The summed E-state index contributed by atoms with van der Waals surface area (Å²) in [6.07, 6.45) is 0. The Morgan fingerprint density at radius 1 is 1.07 bits per heavy atom. The first-order valence-electron chi connectivity index (χ1n) is 8.22. The number of benzene rings is 2. The smallest absolute Gasteiger partial charge is 0.375 e. The number of amides is 1. The van der Waals surface area contributed by atoms with Crippen LogP contribution >= 0.6 is 0 Å². The first-order chi connectivity index (χ1) is 13.1. The quantitative estimate of drug-likeness (QED) is 0.643. The summed E-state index contributed by atoms with van der Waals surface area (Å²) in [6.45, 7) is -0.253. The predicted molar refractivity (Wildman–Crippen MR) is 98.8 cm³/mol. The number of hydrogen-bond acceptors (Lipinski definition) is 6. The molecule has 27 heavy (non-hydrogen) atoms. The lowest BCUT2D eigenvalue weighted by Crippen LogP contribution is -2.21. The summed E-state index contributed by atoms with van der Waals surface area (Å²) in [5.74, 6) is -0.552. The molecule has 3 aromatic rings. The van der Waals surface area contributed by atoms with Crippen molar-refractivity contribution in [3.8, 4) is 5.75 Å². The van der Waals surface area contributed by atoms with Gasteiger partial charge in [0.1, 0.15) is 11.3 Å². The molecule has 0 aliphatic carbocycles. The second-order valence-electron chi connectivity index (χ2n) is 5.70. The zero-order chi connectivity index (χ0) is 19.2. The highest BCUT2D eigenvalue weighted by molar-refractivity contribution is 5.98. The first kappa shape index (κ1) is 18.5. The number of anilines is 1. The molecule has 0 radical (unpaired) electrons. The largest absolute Gasteiger partial charge is 0.497 e. The molecule has 0 spiro atoms. The molecule has 2 aromatic carbocycles. The highest BCUT2D eigenvalue weighted by Crippen LogP contribution is 2.27. The topological polar surface area (TPSA) is 87.0 Å². The van der Waals surface area contributed by atoms with Gasteiger partial charge in [0.05, 0.1) is 13.7 Å². The van der Waals surface area contributed by atoms with Crippen molar-refractivity contribution in [2.45, 2.75) is 6.61 Å². The maximum Gasteiger partial charge on any atom is 0.375 e. The normalized spacial score (nSPS) is 10.6. The van der Waals surface area contributed by atoms with Gasteiger partial charge < -0.3 is 23.9 Å². The molecular formula is C20H19NO6. The third-order valence-corrected chi connectivity index (χ3v) is 3.86.